The van der Waals surface area contributed by atoms with Gasteiger partial charge in [0.05, 0.1) is 27.0 Å². The molecule has 0 radical (unpaired) electrons. The first-order chi connectivity index (χ1) is 27.5. The Balaban J connectivity index is 1.11. The van der Waals surface area contributed by atoms with Gasteiger partial charge in [0.2, 0.25) is 0 Å². The lowest BCUT2D eigenvalue weighted by Gasteiger charge is -2.22. The molecule has 5 heteroatoms. The van der Waals surface area contributed by atoms with Crippen LogP contribution in [0.5, 0.6) is 0 Å². The fourth-order valence-electron chi connectivity index (χ4n) is 9.94. The van der Waals surface area contributed by atoms with E-state index in [1.165, 1.54) is 117 Å². The van der Waals surface area contributed by atoms with Crippen LogP contribution in [-0.4, -0.2) is 9.13 Å². The van der Waals surface area contributed by atoms with Crippen LogP contribution in [-0.2, 0) is 5.41 Å². The van der Waals surface area contributed by atoms with E-state index in [4.69, 9.17) is 0 Å². The normalized spacial score (nSPS) is 14.2. The maximum atomic E-state index is 2.58. The summed E-state index contributed by atoms with van der Waals surface area (Å²) in [5.41, 5.74) is 12.8. The Labute approximate surface area is 336 Å². The molecule has 2 aliphatic rings. The molecule has 1 aliphatic carbocycles. The van der Waals surface area contributed by atoms with Crippen LogP contribution in [0, 0.1) is 0 Å². The lowest BCUT2D eigenvalue weighted by Crippen LogP contribution is -2.15. The van der Waals surface area contributed by atoms with E-state index < -0.39 is 0 Å². The highest BCUT2D eigenvalue weighted by Crippen LogP contribution is 2.57. The van der Waals surface area contributed by atoms with Crippen molar-refractivity contribution >= 4 is 98.6 Å². The van der Waals surface area contributed by atoms with Crippen molar-refractivity contribution in [3.05, 3.63) is 169 Å². The molecule has 0 amide bonds. The number of hydrogen-bond donors (Lipinski definition) is 0. The first kappa shape index (κ1) is 31.5. The van der Waals surface area contributed by atoms with Gasteiger partial charge in [-0.15, -0.1) is 11.3 Å². The fraction of sp³-hybridized carbons (Fsp3) is 0.0588. The van der Waals surface area contributed by atoms with Crippen LogP contribution in [0.1, 0.15) is 25.0 Å². The maximum Gasteiger partial charge on any atom is 0.0692 e. The minimum Gasteiger partial charge on any atom is -0.309 e. The molecule has 0 saturated heterocycles. The lowest BCUT2D eigenvalue weighted by atomic mass is 9.80. The molecule has 2 nitrogen and oxygen atoms in total. The Morgan fingerprint density at radius 1 is 0.446 bits per heavy atom. The predicted molar refractivity (Wildman–Crippen MR) is 240 cm³/mol. The quantitative estimate of drug-likeness (QED) is 0.173. The third-order valence-electron chi connectivity index (χ3n) is 12.3. The van der Waals surface area contributed by atoms with Gasteiger partial charge in [-0.25, -0.2) is 0 Å². The second-order valence-corrected chi connectivity index (χ2v) is 18.9. The summed E-state index contributed by atoms with van der Waals surface area (Å²) >= 11 is 5.69. The highest BCUT2D eigenvalue weighted by Gasteiger charge is 2.38. The molecule has 11 aromatic rings. The fourth-order valence-corrected chi connectivity index (χ4v) is 13.4. The predicted octanol–water partition coefficient (Wildman–Crippen LogP) is 15.2. The van der Waals surface area contributed by atoms with E-state index in [0.717, 1.165) is 0 Å². The molecule has 8 aromatic carbocycles. The number of hydrogen-bond acceptors (Lipinski definition) is 3. The van der Waals surface area contributed by atoms with E-state index in [2.05, 4.69) is 181 Å². The van der Waals surface area contributed by atoms with E-state index >= 15 is 0 Å². The van der Waals surface area contributed by atoms with Crippen LogP contribution in [0.2, 0.25) is 0 Å². The van der Waals surface area contributed by atoms with Gasteiger partial charge in [0, 0.05) is 73.2 Å². The molecular formula is C51H32N2S3. The average molecular weight is 769 g/mol. The van der Waals surface area contributed by atoms with Crippen molar-refractivity contribution in [3.8, 4) is 22.5 Å². The summed E-state index contributed by atoms with van der Waals surface area (Å²) in [5.74, 6) is 0. The highest BCUT2D eigenvalue weighted by molar-refractivity contribution is 8.05. The summed E-state index contributed by atoms with van der Waals surface area (Å²) in [7, 11) is 0. The Morgan fingerprint density at radius 3 is 2.04 bits per heavy atom. The van der Waals surface area contributed by atoms with Crippen LogP contribution in [0.4, 0.5) is 0 Å². The minimum atomic E-state index is -0.138. The zero-order valence-corrected chi connectivity index (χ0v) is 33.1. The van der Waals surface area contributed by atoms with Gasteiger partial charge in [0.15, 0.2) is 0 Å². The van der Waals surface area contributed by atoms with Crippen molar-refractivity contribution < 1.29 is 0 Å². The second-order valence-electron chi connectivity index (χ2n) is 15.7. The van der Waals surface area contributed by atoms with E-state index in [0.29, 0.717) is 0 Å². The second kappa shape index (κ2) is 11.2. The topological polar surface area (TPSA) is 9.86 Å². The summed E-state index contributed by atoms with van der Waals surface area (Å²) in [5, 5.41) is 7.85. The summed E-state index contributed by atoms with van der Waals surface area (Å²) < 4.78 is 7.70. The van der Waals surface area contributed by atoms with E-state index in [-0.39, 0.29) is 5.41 Å². The molecule has 264 valence electrons. The molecule has 13 rings (SSSR count). The van der Waals surface area contributed by atoms with Gasteiger partial charge in [0.1, 0.15) is 0 Å². The first-order valence-corrected chi connectivity index (χ1v) is 21.6. The third kappa shape index (κ3) is 4.10. The van der Waals surface area contributed by atoms with Crippen molar-refractivity contribution in [3.63, 3.8) is 0 Å². The largest absolute Gasteiger partial charge is 0.309 e. The SMILES string of the molecule is CC1(C)c2ccccc2-c2ccc3c(c21)c1ccc2c(c1n3-c1ccc3c(c1)c1ccccc1n3-c1ccc3sc4ccccc4c3c1)Sc1ccccc1S2. The van der Waals surface area contributed by atoms with E-state index in [1.54, 1.807) is 0 Å². The number of aromatic nitrogens is 2. The molecule has 3 aromatic heterocycles. The summed E-state index contributed by atoms with van der Waals surface area (Å²) in [6.45, 7) is 4.83. The van der Waals surface area contributed by atoms with Gasteiger partial charge in [0.25, 0.3) is 0 Å². The number of nitrogens with zero attached hydrogens (tertiary/aromatic N) is 2. The van der Waals surface area contributed by atoms with Gasteiger partial charge in [-0.3, -0.25) is 0 Å². The molecule has 0 atom stereocenters. The number of benzene rings is 8. The summed E-state index contributed by atoms with van der Waals surface area (Å²) in [6.07, 6.45) is 0. The average Bonchev–Trinajstić information content (AvgIpc) is 3.95. The van der Waals surface area contributed by atoms with Crippen molar-refractivity contribution in [2.45, 2.75) is 38.8 Å². The minimum absolute atomic E-state index is 0.138. The van der Waals surface area contributed by atoms with Gasteiger partial charge in [-0.2, -0.15) is 0 Å². The van der Waals surface area contributed by atoms with Crippen molar-refractivity contribution in [1.82, 2.24) is 9.13 Å². The monoisotopic (exact) mass is 768 g/mol. The summed E-state index contributed by atoms with van der Waals surface area (Å²) in [4.78, 5) is 5.30. The molecular weight excluding hydrogens is 737 g/mol. The maximum absolute atomic E-state index is 2.58. The zero-order valence-electron chi connectivity index (χ0n) is 30.6. The Hall–Kier alpha value is -5.72. The Kier molecular flexibility index (Phi) is 6.30. The zero-order chi connectivity index (χ0) is 36.9. The van der Waals surface area contributed by atoms with Crippen LogP contribution in [0.3, 0.4) is 0 Å². The standard InChI is InChI=1S/C51H32N2S3/c1-51(2)38-14-6-3-11-31(38)34-21-24-41-47(48(34)51)35-22-26-46-50(56-45-18-10-9-17-44(45)55-46)49(35)53(41)30-19-23-40-36(27-30)32-12-4-7-15-39(32)52(40)29-20-25-43-37(28-29)33-13-5-8-16-42(33)54-43/h3-28H,1-2H3. The molecule has 0 spiro atoms. The van der Waals surface area contributed by atoms with Crippen LogP contribution in [0.15, 0.2) is 177 Å². The molecule has 0 N–H and O–H groups in total. The molecule has 1 aliphatic heterocycles. The van der Waals surface area contributed by atoms with Crippen molar-refractivity contribution in [2.75, 3.05) is 0 Å². The van der Waals surface area contributed by atoms with Crippen LogP contribution >= 0.6 is 34.9 Å². The van der Waals surface area contributed by atoms with Gasteiger partial charge in [-0.05, 0) is 95.1 Å². The molecule has 0 fully saturated rings. The molecule has 0 bridgehead atoms. The van der Waals surface area contributed by atoms with Crippen LogP contribution in [0.25, 0.3) is 86.3 Å². The smallest absolute Gasteiger partial charge is 0.0692 e. The number of fused-ring (bicyclic) bond motifs is 16. The van der Waals surface area contributed by atoms with Gasteiger partial charge in [-0.1, -0.05) is 122 Å². The number of rotatable bonds is 2. The van der Waals surface area contributed by atoms with E-state index in [9.17, 15) is 0 Å². The van der Waals surface area contributed by atoms with Gasteiger partial charge < -0.3 is 9.13 Å². The molecule has 4 heterocycles. The van der Waals surface area contributed by atoms with Gasteiger partial charge >= 0.3 is 0 Å². The third-order valence-corrected chi connectivity index (χ3v) is 16.1. The Morgan fingerprint density at radius 2 is 1.12 bits per heavy atom. The molecule has 0 unspecified atom stereocenters. The number of thiophene rings is 1. The van der Waals surface area contributed by atoms with Crippen molar-refractivity contribution in [1.29, 1.82) is 0 Å². The van der Waals surface area contributed by atoms with E-state index in [1.807, 2.05) is 34.9 Å². The van der Waals surface area contributed by atoms with Crippen molar-refractivity contribution in [2.24, 2.45) is 0 Å². The molecule has 56 heavy (non-hydrogen) atoms. The Bertz CT molecular complexity index is 3520. The highest BCUT2D eigenvalue weighted by atomic mass is 32.2. The number of para-hydroxylation sites is 1. The lowest BCUT2D eigenvalue weighted by molar-refractivity contribution is 0.666. The van der Waals surface area contributed by atoms with Crippen LogP contribution < -0.4 is 0 Å². The molecule has 0 saturated carbocycles. The first-order valence-electron chi connectivity index (χ1n) is 19.2. The summed E-state index contributed by atoms with van der Waals surface area (Å²) in [6, 6.07) is 59.3.